The number of carbonyl (C=O) groups is 1. The van der Waals surface area contributed by atoms with Gasteiger partial charge in [0.05, 0.1) is 6.61 Å². The van der Waals surface area contributed by atoms with Gasteiger partial charge in [0, 0.05) is 6.07 Å². The van der Waals surface area contributed by atoms with Crippen LogP contribution in [0.15, 0.2) is 11.1 Å². The van der Waals surface area contributed by atoms with Crippen molar-refractivity contribution in [1.82, 2.24) is 9.97 Å². The van der Waals surface area contributed by atoms with Crippen molar-refractivity contribution in [1.29, 1.82) is 0 Å². The van der Waals surface area contributed by atoms with Crippen LogP contribution in [0.4, 0.5) is 5.95 Å². The van der Waals surface area contributed by atoms with Gasteiger partial charge in [-0.25, -0.2) is 9.97 Å². The van der Waals surface area contributed by atoms with Crippen molar-refractivity contribution < 1.29 is 9.53 Å². The Morgan fingerprint density at radius 1 is 1.59 bits per heavy atom. The summed E-state index contributed by atoms with van der Waals surface area (Å²) in [6.45, 7) is 4.04. The second kappa shape index (κ2) is 6.66. The Morgan fingerprint density at radius 2 is 2.29 bits per heavy atom. The molecule has 0 fully saturated rings. The number of halogens is 1. The molecule has 2 N–H and O–H groups in total. The first-order chi connectivity index (χ1) is 8.06. The second-order valence-electron chi connectivity index (χ2n) is 3.15. The summed E-state index contributed by atoms with van der Waals surface area (Å²) in [6.07, 6.45) is 0.644. The van der Waals surface area contributed by atoms with Crippen molar-refractivity contribution in [2.24, 2.45) is 0 Å². The average Bonchev–Trinajstić information content (AvgIpc) is 2.24. The van der Waals surface area contributed by atoms with Crippen molar-refractivity contribution in [3.05, 3.63) is 11.2 Å². The minimum Gasteiger partial charge on any atom is -0.465 e. The van der Waals surface area contributed by atoms with Crippen molar-refractivity contribution in [3.63, 3.8) is 0 Å². The minimum absolute atomic E-state index is 0.0960. The molecule has 0 aliphatic heterocycles. The van der Waals surface area contributed by atoms with Crippen LogP contribution in [0.5, 0.6) is 0 Å². The van der Waals surface area contributed by atoms with Crippen LogP contribution in [0.3, 0.4) is 0 Å². The molecule has 1 atom stereocenters. The molecule has 0 aliphatic carbocycles. The van der Waals surface area contributed by atoms with Crippen molar-refractivity contribution in [3.8, 4) is 0 Å². The lowest BCUT2D eigenvalue weighted by Gasteiger charge is -2.12. The lowest BCUT2D eigenvalue weighted by atomic mass is 10.3. The van der Waals surface area contributed by atoms with Crippen LogP contribution in [0.25, 0.3) is 0 Å². The van der Waals surface area contributed by atoms with Gasteiger partial charge in [-0.2, -0.15) is 0 Å². The third-order valence-corrected chi connectivity index (χ3v) is 3.33. The van der Waals surface area contributed by atoms with E-state index in [1.165, 1.54) is 11.8 Å². The maximum absolute atomic E-state index is 11.6. The number of aromatic nitrogens is 2. The average molecular weight is 276 g/mol. The molecular weight excluding hydrogens is 262 g/mol. The molecule has 0 bridgehead atoms. The van der Waals surface area contributed by atoms with Crippen LogP contribution in [0.2, 0.25) is 5.15 Å². The lowest BCUT2D eigenvalue weighted by molar-refractivity contribution is -0.142. The van der Waals surface area contributed by atoms with Gasteiger partial charge in [-0.1, -0.05) is 30.3 Å². The van der Waals surface area contributed by atoms with E-state index in [0.29, 0.717) is 18.1 Å². The molecule has 0 radical (unpaired) electrons. The molecule has 0 saturated heterocycles. The van der Waals surface area contributed by atoms with E-state index in [1.807, 2.05) is 6.92 Å². The van der Waals surface area contributed by atoms with E-state index in [0.717, 1.165) is 0 Å². The van der Waals surface area contributed by atoms with Gasteiger partial charge in [0.1, 0.15) is 15.4 Å². The predicted octanol–water partition coefficient (Wildman–Crippen LogP) is 2.15. The molecule has 17 heavy (non-hydrogen) atoms. The molecule has 0 amide bonds. The Balaban J connectivity index is 2.76. The lowest BCUT2D eigenvalue weighted by Crippen LogP contribution is -2.19. The monoisotopic (exact) mass is 275 g/mol. The van der Waals surface area contributed by atoms with Crippen molar-refractivity contribution >= 4 is 35.3 Å². The fourth-order valence-corrected chi connectivity index (χ4v) is 2.36. The highest BCUT2D eigenvalue weighted by Crippen LogP contribution is 2.26. The zero-order valence-corrected chi connectivity index (χ0v) is 11.2. The van der Waals surface area contributed by atoms with Crippen LogP contribution in [-0.2, 0) is 9.53 Å². The molecule has 1 aromatic heterocycles. The normalized spacial score (nSPS) is 12.2. The largest absolute Gasteiger partial charge is 0.465 e. The zero-order valence-electron chi connectivity index (χ0n) is 9.64. The number of nitrogens with two attached hydrogens (primary N) is 1. The topological polar surface area (TPSA) is 78.1 Å². The fourth-order valence-electron chi connectivity index (χ4n) is 1.15. The number of nitrogen functional groups attached to an aromatic ring is 1. The van der Waals surface area contributed by atoms with E-state index in [9.17, 15) is 4.79 Å². The van der Waals surface area contributed by atoms with Gasteiger partial charge in [-0.05, 0) is 13.3 Å². The Labute approximate surface area is 109 Å². The molecule has 0 spiro atoms. The molecule has 1 rings (SSSR count). The van der Waals surface area contributed by atoms with Gasteiger partial charge < -0.3 is 10.5 Å². The van der Waals surface area contributed by atoms with E-state index < -0.39 is 0 Å². The molecule has 1 aromatic rings. The molecule has 0 aromatic carbocycles. The SMILES string of the molecule is CCOC(=O)C(CC)Sc1cc(Cl)nc(N)n1. The third-order valence-electron chi connectivity index (χ3n) is 1.87. The number of esters is 1. The molecule has 0 aliphatic rings. The van der Waals surface area contributed by atoms with Crippen LogP contribution in [-0.4, -0.2) is 27.8 Å². The summed E-state index contributed by atoms with van der Waals surface area (Å²) in [6, 6.07) is 1.57. The molecule has 0 saturated carbocycles. The Hall–Kier alpha value is -1.01. The Kier molecular flexibility index (Phi) is 5.50. The first-order valence-electron chi connectivity index (χ1n) is 5.20. The molecule has 1 heterocycles. The first-order valence-corrected chi connectivity index (χ1v) is 6.45. The number of thioether (sulfide) groups is 1. The minimum atomic E-state index is -0.305. The maximum Gasteiger partial charge on any atom is 0.319 e. The van der Waals surface area contributed by atoms with Gasteiger partial charge in [-0.3, -0.25) is 4.79 Å². The van der Waals surface area contributed by atoms with E-state index in [2.05, 4.69) is 9.97 Å². The zero-order chi connectivity index (χ0) is 12.8. The van der Waals surface area contributed by atoms with Gasteiger partial charge in [0.15, 0.2) is 0 Å². The highest BCUT2D eigenvalue weighted by atomic mass is 35.5. The van der Waals surface area contributed by atoms with E-state index >= 15 is 0 Å². The number of hydrogen-bond acceptors (Lipinski definition) is 6. The molecular formula is C10H14ClN3O2S. The summed E-state index contributed by atoms with van der Waals surface area (Å²) in [5, 5.41) is 0.529. The van der Waals surface area contributed by atoms with Gasteiger partial charge in [0.2, 0.25) is 5.95 Å². The summed E-state index contributed by atoms with van der Waals surface area (Å²) in [4.78, 5) is 19.4. The van der Waals surface area contributed by atoms with Gasteiger partial charge >= 0.3 is 5.97 Å². The summed E-state index contributed by atoms with van der Waals surface area (Å²) >= 11 is 7.03. The van der Waals surface area contributed by atoms with Crippen LogP contribution >= 0.6 is 23.4 Å². The van der Waals surface area contributed by atoms with Crippen molar-refractivity contribution in [2.75, 3.05) is 12.3 Å². The van der Waals surface area contributed by atoms with E-state index in [1.54, 1.807) is 13.0 Å². The van der Waals surface area contributed by atoms with Crippen molar-refractivity contribution in [2.45, 2.75) is 30.5 Å². The molecule has 5 nitrogen and oxygen atoms in total. The Bertz CT molecular complexity index is 383. The third kappa shape index (κ3) is 4.40. The molecule has 1 unspecified atom stereocenters. The standard InChI is InChI=1S/C10H14ClN3O2S/c1-3-6(9(15)16-4-2)17-8-5-7(11)13-10(12)14-8/h5-6H,3-4H2,1-2H3,(H2,12,13,14). The van der Waals surface area contributed by atoms with Crippen LogP contribution in [0, 0.1) is 0 Å². The summed E-state index contributed by atoms with van der Waals surface area (Å²) in [5.41, 5.74) is 5.48. The number of ether oxygens (including phenoxy) is 1. The highest BCUT2D eigenvalue weighted by Gasteiger charge is 2.20. The summed E-state index contributed by atoms with van der Waals surface area (Å²) in [5.74, 6) is -0.160. The number of rotatable bonds is 5. The quantitative estimate of drug-likeness (QED) is 0.504. The molecule has 7 heteroatoms. The van der Waals surface area contributed by atoms with E-state index in [-0.39, 0.29) is 22.3 Å². The predicted molar refractivity (Wildman–Crippen MR) is 68.0 cm³/mol. The smallest absolute Gasteiger partial charge is 0.319 e. The molecule has 94 valence electrons. The van der Waals surface area contributed by atoms with Crippen LogP contribution in [0.1, 0.15) is 20.3 Å². The van der Waals surface area contributed by atoms with Crippen LogP contribution < -0.4 is 5.73 Å². The maximum atomic E-state index is 11.6. The summed E-state index contributed by atoms with van der Waals surface area (Å²) in [7, 11) is 0. The second-order valence-corrected chi connectivity index (χ2v) is 4.76. The number of hydrogen-bond donors (Lipinski definition) is 1. The number of nitrogens with zero attached hydrogens (tertiary/aromatic N) is 2. The van der Waals surface area contributed by atoms with E-state index in [4.69, 9.17) is 22.1 Å². The summed E-state index contributed by atoms with van der Waals surface area (Å²) < 4.78 is 4.96. The first kappa shape index (κ1) is 14.1. The Morgan fingerprint density at radius 3 is 2.82 bits per heavy atom. The van der Waals surface area contributed by atoms with Gasteiger partial charge in [0.25, 0.3) is 0 Å². The van der Waals surface area contributed by atoms with Gasteiger partial charge in [-0.15, -0.1) is 0 Å². The number of carbonyl (C=O) groups excluding carboxylic acids is 1. The number of anilines is 1. The fraction of sp³-hybridized carbons (Fsp3) is 0.500. The highest BCUT2D eigenvalue weighted by molar-refractivity contribution is 8.00.